The Kier molecular flexibility index (Phi) is 3.17. The molecule has 12 heavy (non-hydrogen) atoms. The van der Waals surface area contributed by atoms with Crippen LogP contribution in [0.2, 0.25) is 0 Å². The lowest BCUT2D eigenvalue weighted by Crippen LogP contribution is -2.28. The molecule has 1 rings (SSSR count). The maximum atomic E-state index is 9.48. The van der Waals surface area contributed by atoms with E-state index >= 15 is 0 Å². The molecule has 0 fully saturated rings. The van der Waals surface area contributed by atoms with E-state index in [0.29, 0.717) is 6.42 Å². The van der Waals surface area contributed by atoms with Gasteiger partial charge in [-0.3, -0.25) is 0 Å². The zero-order valence-corrected chi connectivity index (χ0v) is 9.38. The molecule has 0 spiro atoms. The van der Waals surface area contributed by atoms with E-state index in [0.717, 1.165) is 5.56 Å². The molecule has 2 atom stereocenters. The highest BCUT2D eigenvalue weighted by Crippen LogP contribution is 2.26. The number of hydrogen-bond donors (Lipinski definition) is 1. The molecule has 1 N–H and O–H groups in total. The maximum Gasteiger partial charge on any atom is 0.171 e. The van der Waals surface area contributed by atoms with Crippen molar-refractivity contribution in [3.8, 4) is 0 Å². The van der Waals surface area contributed by atoms with Gasteiger partial charge in [-0.2, -0.15) is 0 Å². The van der Waals surface area contributed by atoms with Crippen LogP contribution in [0.15, 0.2) is 24.5 Å². The van der Waals surface area contributed by atoms with Gasteiger partial charge in [-0.15, -0.1) is 0 Å². The first-order valence-corrected chi connectivity index (χ1v) is 4.87. The van der Waals surface area contributed by atoms with E-state index < -0.39 is 5.08 Å². The quantitative estimate of drug-likeness (QED) is 0.546. The lowest BCUT2D eigenvalue weighted by Gasteiger charge is -2.15. The fraction of sp³-hybridized carbons (Fsp3) is 0.375. The number of rotatable bonds is 2. The highest BCUT2D eigenvalue weighted by atomic mass is 31.1. The van der Waals surface area contributed by atoms with Gasteiger partial charge < -0.3 is 5.11 Å². The average Bonchev–Trinajstić information content (AvgIpc) is 1.82. The minimum atomic E-state index is -0.783. The van der Waals surface area contributed by atoms with Crippen LogP contribution in [0.25, 0.3) is 0 Å². The molecule has 1 aromatic heterocycles. The minimum Gasteiger partial charge on any atom is -0.382 e. The Morgan fingerprint density at radius 2 is 2.25 bits per heavy atom. The molecule has 0 saturated carbocycles. The van der Waals surface area contributed by atoms with Crippen molar-refractivity contribution in [3.05, 3.63) is 30.1 Å². The van der Waals surface area contributed by atoms with Crippen LogP contribution in [-0.4, -0.2) is 10.2 Å². The summed E-state index contributed by atoms with van der Waals surface area (Å²) in [5.41, 5.74) is 1.12. The number of nitrogens with zero attached hydrogens (tertiary/aromatic N) is 1. The molecule has 0 aliphatic carbocycles. The smallest absolute Gasteiger partial charge is 0.171 e. The molecule has 0 bridgehead atoms. The zero-order chi connectivity index (χ0) is 9.19. The monoisotopic (exact) mass is 202 g/mol. The van der Waals surface area contributed by atoms with E-state index in [2.05, 4.69) is 18.5 Å². The van der Waals surface area contributed by atoms with Gasteiger partial charge in [0.15, 0.2) is 12.4 Å². The Bertz CT molecular complexity index is 270. The molecule has 0 radical (unpaired) electrons. The molecule has 2 unspecified atom stereocenters. The van der Waals surface area contributed by atoms with Crippen molar-refractivity contribution in [2.75, 3.05) is 0 Å². The third kappa shape index (κ3) is 3.58. The second-order valence-electron chi connectivity index (χ2n) is 3.05. The Morgan fingerprint density at radius 3 is 2.75 bits per heavy atom. The lowest BCUT2D eigenvalue weighted by atomic mass is 10.2. The zero-order valence-electron chi connectivity index (χ0n) is 7.07. The number of aryl methyl sites for hydroxylation is 1. The maximum absolute atomic E-state index is 9.48. The number of aliphatic hydroxyl groups is 1. The summed E-state index contributed by atoms with van der Waals surface area (Å²) in [7, 11) is 6.75. The Labute approximate surface area is 77.4 Å². The molecule has 4 heteroatoms. The van der Waals surface area contributed by atoms with Gasteiger partial charge in [0.25, 0.3) is 0 Å². The largest absolute Gasteiger partial charge is 0.382 e. The number of pyridine rings is 1. The number of hydrogen-bond acceptors (Lipinski definition) is 1. The van der Waals surface area contributed by atoms with Gasteiger partial charge in [-0.1, -0.05) is 18.5 Å². The second-order valence-corrected chi connectivity index (χ2v) is 5.71. The van der Waals surface area contributed by atoms with Crippen LogP contribution in [0.1, 0.15) is 5.56 Å². The van der Waals surface area contributed by atoms with Crippen LogP contribution in [0.5, 0.6) is 0 Å². The summed E-state index contributed by atoms with van der Waals surface area (Å²) in [5.74, 6) is 0. The third-order valence-electron chi connectivity index (χ3n) is 1.49. The van der Waals surface area contributed by atoms with Crippen LogP contribution >= 0.6 is 18.5 Å². The standard InChI is InChI=1S/C8H14NOP2/c1-9-4-2-3-7(6-9)5-8(10,11)12/h2-4,6,10H,5,11-12H2,1H3/q+1. The molecule has 66 valence electrons. The summed E-state index contributed by atoms with van der Waals surface area (Å²) >= 11 is 0. The predicted octanol–water partition coefficient (Wildman–Crippen LogP) is 0.450. The average molecular weight is 202 g/mol. The molecule has 0 aliphatic rings. The van der Waals surface area contributed by atoms with Crippen molar-refractivity contribution in [2.45, 2.75) is 11.5 Å². The van der Waals surface area contributed by atoms with Gasteiger partial charge in [0, 0.05) is 18.1 Å². The van der Waals surface area contributed by atoms with Crippen LogP contribution in [0, 0.1) is 0 Å². The first kappa shape index (κ1) is 10.1. The minimum absolute atomic E-state index is 0.622. The first-order chi connectivity index (χ1) is 5.47. The molecule has 0 saturated heterocycles. The van der Waals surface area contributed by atoms with Gasteiger partial charge in [-0.25, -0.2) is 4.57 Å². The van der Waals surface area contributed by atoms with Crippen molar-refractivity contribution < 1.29 is 9.67 Å². The summed E-state index contributed by atoms with van der Waals surface area (Å²) in [6.07, 6.45) is 4.59. The van der Waals surface area contributed by atoms with Crippen LogP contribution in [-0.2, 0) is 13.5 Å². The van der Waals surface area contributed by atoms with E-state index in [1.54, 1.807) is 0 Å². The molecule has 1 aromatic rings. The van der Waals surface area contributed by atoms with E-state index in [1.165, 1.54) is 0 Å². The van der Waals surface area contributed by atoms with Gasteiger partial charge in [0.05, 0.1) is 5.08 Å². The summed E-state index contributed by atoms with van der Waals surface area (Å²) in [4.78, 5) is 0. The molecule has 0 aromatic carbocycles. The summed E-state index contributed by atoms with van der Waals surface area (Å²) in [5, 5.41) is 8.70. The van der Waals surface area contributed by atoms with Crippen LogP contribution in [0.3, 0.4) is 0 Å². The topological polar surface area (TPSA) is 24.1 Å². The van der Waals surface area contributed by atoms with Gasteiger partial charge >= 0.3 is 0 Å². The molecule has 1 heterocycles. The van der Waals surface area contributed by atoms with Crippen molar-refractivity contribution in [3.63, 3.8) is 0 Å². The van der Waals surface area contributed by atoms with Crippen LogP contribution in [0.4, 0.5) is 0 Å². The van der Waals surface area contributed by atoms with E-state index in [4.69, 9.17) is 0 Å². The first-order valence-electron chi connectivity index (χ1n) is 3.72. The fourth-order valence-corrected chi connectivity index (χ4v) is 1.55. The van der Waals surface area contributed by atoms with Gasteiger partial charge in [0.2, 0.25) is 0 Å². The summed E-state index contributed by atoms with van der Waals surface area (Å²) in [6.45, 7) is 0. The van der Waals surface area contributed by atoms with Crippen molar-refractivity contribution >= 4 is 18.5 Å². The van der Waals surface area contributed by atoms with E-state index in [-0.39, 0.29) is 0 Å². The predicted molar refractivity (Wildman–Crippen MR) is 55.7 cm³/mol. The van der Waals surface area contributed by atoms with E-state index in [9.17, 15) is 5.11 Å². The van der Waals surface area contributed by atoms with Gasteiger partial charge in [0.1, 0.15) is 7.05 Å². The van der Waals surface area contributed by atoms with E-state index in [1.807, 2.05) is 36.1 Å². The molecule has 2 nitrogen and oxygen atoms in total. The third-order valence-corrected chi connectivity index (χ3v) is 1.90. The summed E-state index contributed by atoms with van der Waals surface area (Å²) < 4.78 is 1.97. The molecule has 0 aliphatic heterocycles. The Morgan fingerprint density at radius 1 is 1.58 bits per heavy atom. The molecule has 0 amide bonds. The number of aromatic nitrogens is 1. The highest BCUT2D eigenvalue weighted by Gasteiger charge is 2.14. The highest BCUT2D eigenvalue weighted by molar-refractivity contribution is 7.39. The molecular formula is C8H14NOP2+. The second kappa shape index (κ2) is 3.79. The summed E-state index contributed by atoms with van der Waals surface area (Å²) in [6, 6.07) is 3.97. The normalized spacial score (nSPS) is 11.7. The van der Waals surface area contributed by atoms with Gasteiger partial charge in [-0.05, 0) is 6.07 Å². The van der Waals surface area contributed by atoms with Crippen LogP contribution < -0.4 is 4.57 Å². The molecular weight excluding hydrogens is 188 g/mol. The fourth-order valence-electron chi connectivity index (χ4n) is 1.08. The SMILES string of the molecule is C[n+]1cccc(CC(O)(P)P)c1. The van der Waals surface area contributed by atoms with Crippen molar-refractivity contribution in [1.29, 1.82) is 0 Å². The Hall–Kier alpha value is -0.0300. The Balaban J connectivity index is 2.77. The van der Waals surface area contributed by atoms with Crippen molar-refractivity contribution in [1.82, 2.24) is 0 Å². The lowest BCUT2D eigenvalue weighted by molar-refractivity contribution is -0.671. The van der Waals surface area contributed by atoms with Crippen molar-refractivity contribution in [2.24, 2.45) is 7.05 Å².